The zero-order valence-electron chi connectivity index (χ0n) is 6.20. The Morgan fingerprint density at radius 2 is 2.50 bits per heavy atom. The summed E-state index contributed by atoms with van der Waals surface area (Å²) in [7, 11) is 0. The SMILES string of the molecule is CC(N)CCn1ccnc1. The van der Waals surface area contributed by atoms with Crippen LogP contribution in [0.2, 0.25) is 0 Å². The summed E-state index contributed by atoms with van der Waals surface area (Å²) in [6.07, 6.45) is 6.54. The van der Waals surface area contributed by atoms with Crippen LogP contribution in [0.3, 0.4) is 0 Å². The van der Waals surface area contributed by atoms with Crippen LogP contribution in [-0.4, -0.2) is 15.6 Å². The molecule has 0 saturated heterocycles. The van der Waals surface area contributed by atoms with Gasteiger partial charge in [-0.2, -0.15) is 0 Å². The molecule has 0 bridgehead atoms. The fraction of sp³-hybridized carbons (Fsp3) is 0.571. The Balaban J connectivity index is 2.28. The third-order valence-corrected chi connectivity index (χ3v) is 1.40. The molecule has 0 aliphatic carbocycles. The van der Waals surface area contributed by atoms with Crippen molar-refractivity contribution in [2.24, 2.45) is 5.73 Å². The van der Waals surface area contributed by atoms with Gasteiger partial charge >= 0.3 is 0 Å². The molecule has 56 valence electrons. The molecule has 0 spiro atoms. The van der Waals surface area contributed by atoms with Crippen LogP contribution in [0.5, 0.6) is 0 Å². The zero-order valence-corrected chi connectivity index (χ0v) is 6.20. The van der Waals surface area contributed by atoms with Crippen LogP contribution in [0.4, 0.5) is 0 Å². The summed E-state index contributed by atoms with van der Waals surface area (Å²) in [4.78, 5) is 3.92. The normalized spacial score (nSPS) is 13.4. The van der Waals surface area contributed by atoms with E-state index in [4.69, 9.17) is 5.73 Å². The van der Waals surface area contributed by atoms with Crippen molar-refractivity contribution in [2.75, 3.05) is 0 Å². The van der Waals surface area contributed by atoms with Gasteiger partial charge in [0.15, 0.2) is 0 Å². The van der Waals surface area contributed by atoms with Gasteiger partial charge in [-0.15, -0.1) is 0 Å². The van der Waals surface area contributed by atoms with Gasteiger partial charge in [-0.05, 0) is 13.3 Å². The lowest BCUT2D eigenvalue weighted by molar-refractivity contribution is 0.570. The lowest BCUT2D eigenvalue weighted by atomic mass is 10.2. The average molecular weight is 139 g/mol. The van der Waals surface area contributed by atoms with Crippen molar-refractivity contribution >= 4 is 0 Å². The van der Waals surface area contributed by atoms with Gasteiger partial charge in [0.2, 0.25) is 0 Å². The summed E-state index contributed by atoms with van der Waals surface area (Å²) >= 11 is 0. The largest absolute Gasteiger partial charge is 0.337 e. The van der Waals surface area contributed by atoms with Gasteiger partial charge < -0.3 is 10.3 Å². The van der Waals surface area contributed by atoms with Gasteiger partial charge in [0, 0.05) is 25.0 Å². The third kappa shape index (κ3) is 2.19. The molecule has 1 atom stereocenters. The van der Waals surface area contributed by atoms with Crippen molar-refractivity contribution in [3.05, 3.63) is 18.7 Å². The predicted octanol–water partition coefficient (Wildman–Crippen LogP) is 0.620. The summed E-state index contributed by atoms with van der Waals surface area (Å²) < 4.78 is 2.03. The molecule has 1 aromatic rings. The first-order valence-corrected chi connectivity index (χ1v) is 3.50. The number of aryl methyl sites for hydroxylation is 1. The highest BCUT2D eigenvalue weighted by Gasteiger charge is 1.93. The lowest BCUT2D eigenvalue weighted by Gasteiger charge is -2.03. The van der Waals surface area contributed by atoms with Crippen LogP contribution in [0.25, 0.3) is 0 Å². The zero-order chi connectivity index (χ0) is 7.40. The fourth-order valence-corrected chi connectivity index (χ4v) is 0.772. The number of rotatable bonds is 3. The molecule has 1 heterocycles. The molecule has 10 heavy (non-hydrogen) atoms. The quantitative estimate of drug-likeness (QED) is 0.667. The van der Waals surface area contributed by atoms with Crippen molar-refractivity contribution in [3.63, 3.8) is 0 Å². The maximum Gasteiger partial charge on any atom is 0.0945 e. The number of hydrogen-bond acceptors (Lipinski definition) is 2. The van der Waals surface area contributed by atoms with E-state index in [0.29, 0.717) is 0 Å². The van der Waals surface area contributed by atoms with E-state index < -0.39 is 0 Å². The van der Waals surface area contributed by atoms with Gasteiger partial charge in [-0.1, -0.05) is 0 Å². The fourth-order valence-electron chi connectivity index (χ4n) is 0.772. The van der Waals surface area contributed by atoms with E-state index in [1.165, 1.54) is 0 Å². The van der Waals surface area contributed by atoms with Crippen molar-refractivity contribution in [3.8, 4) is 0 Å². The van der Waals surface area contributed by atoms with Gasteiger partial charge in [-0.3, -0.25) is 0 Å². The molecule has 0 saturated carbocycles. The highest BCUT2D eigenvalue weighted by atomic mass is 15.0. The minimum atomic E-state index is 0.280. The Morgan fingerprint density at radius 3 is 3.00 bits per heavy atom. The van der Waals surface area contributed by atoms with Crippen LogP contribution in [0.15, 0.2) is 18.7 Å². The van der Waals surface area contributed by atoms with Gasteiger partial charge in [0.25, 0.3) is 0 Å². The topological polar surface area (TPSA) is 43.8 Å². The second kappa shape index (κ2) is 3.37. The lowest BCUT2D eigenvalue weighted by Crippen LogP contribution is -2.16. The average Bonchev–Trinajstić information content (AvgIpc) is 2.34. The number of nitrogens with zero attached hydrogens (tertiary/aromatic N) is 2. The molecule has 3 nitrogen and oxygen atoms in total. The molecule has 0 fully saturated rings. The highest BCUT2D eigenvalue weighted by molar-refractivity contribution is 4.74. The first-order valence-electron chi connectivity index (χ1n) is 3.50. The van der Waals surface area contributed by atoms with Gasteiger partial charge in [-0.25, -0.2) is 4.98 Å². The smallest absolute Gasteiger partial charge is 0.0945 e. The van der Waals surface area contributed by atoms with E-state index in [0.717, 1.165) is 13.0 Å². The molecule has 0 aliphatic rings. The minimum Gasteiger partial charge on any atom is -0.337 e. The molecule has 1 aromatic heterocycles. The monoisotopic (exact) mass is 139 g/mol. The molecule has 0 aromatic carbocycles. The van der Waals surface area contributed by atoms with Crippen molar-refractivity contribution in [1.29, 1.82) is 0 Å². The Hall–Kier alpha value is -0.830. The number of nitrogens with two attached hydrogens (primary N) is 1. The first-order chi connectivity index (χ1) is 4.79. The first kappa shape index (κ1) is 7.28. The Bertz CT molecular complexity index is 167. The van der Waals surface area contributed by atoms with Crippen molar-refractivity contribution in [2.45, 2.75) is 25.9 Å². The predicted molar refractivity (Wildman–Crippen MR) is 40.5 cm³/mol. The summed E-state index contributed by atoms with van der Waals surface area (Å²) in [6.45, 7) is 2.98. The van der Waals surface area contributed by atoms with E-state index in [-0.39, 0.29) is 6.04 Å². The third-order valence-electron chi connectivity index (χ3n) is 1.40. The molecule has 1 rings (SSSR count). The Labute approximate surface area is 60.9 Å². The summed E-state index contributed by atoms with van der Waals surface area (Å²) in [6, 6.07) is 0.280. The van der Waals surface area contributed by atoms with Crippen LogP contribution in [0, 0.1) is 0 Å². The number of aromatic nitrogens is 2. The summed E-state index contributed by atoms with van der Waals surface area (Å²) in [5.41, 5.74) is 5.58. The van der Waals surface area contributed by atoms with E-state index in [1.807, 2.05) is 24.0 Å². The summed E-state index contributed by atoms with van der Waals surface area (Å²) in [5.74, 6) is 0. The second-order valence-electron chi connectivity index (χ2n) is 2.57. The summed E-state index contributed by atoms with van der Waals surface area (Å²) in [5, 5.41) is 0. The van der Waals surface area contributed by atoms with Crippen LogP contribution in [-0.2, 0) is 6.54 Å². The second-order valence-corrected chi connectivity index (χ2v) is 2.57. The molecule has 0 amide bonds. The highest BCUT2D eigenvalue weighted by Crippen LogP contribution is 1.92. The molecule has 0 radical (unpaired) electrons. The van der Waals surface area contributed by atoms with E-state index >= 15 is 0 Å². The molecule has 2 N–H and O–H groups in total. The van der Waals surface area contributed by atoms with Crippen molar-refractivity contribution in [1.82, 2.24) is 9.55 Å². The van der Waals surface area contributed by atoms with Crippen LogP contribution in [0.1, 0.15) is 13.3 Å². The molecular weight excluding hydrogens is 126 g/mol. The maximum absolute atomic E-state index is 5.58. The van der Waals surface area contributed by atoms with E-state index in [2.05, 4.69) is 4.98 Å². The van der Waals surface area contributed by atoms with E-state index in [1.54, 1.807) is 6.20 Å². The standard InChI is InChI=1S/C7H13N3/c1-7(8)2-4-10-5-3-9-6-10/h3,5-7H,2,4,8H2,1H3. The number of hydrogen-bond donors (Lipinski definition) is 1. The molecule has 0 aliphatic heterocycles. The van der Waals surface area contributed by atoms with Crippen LogP contribution < -0.4 is 5.73 Å². The van der Waals surface area contributed by atoms with Crippen molar-refractivity contribution < 1.29 is 0 Å². The molecular formula is C7H13N3. The van der Waals surface area contributed by atoms with E-state index in [9.17, 15) is 0 Å². The molecule has 3 heteroatoms. The Morgan fingerprint density at radius 1 is 1.70 bits per heavy atom. The van der Waals surface area contributed by atoms with Gasteiger partial charge in [0.1, 0.15) is 0 Å². The Kier molecular flexibility index (Phi) is 2.45. The molecule has 1 unspecified atom stereocenters. The van der Waals surface area contributed by atoms with Crippen LogP contribution >= 0.6 is 0 Å². The maximum atomic E-state index is 5.58. The minimum absolute atomic E-state index is 0.280. The number of imidazole rings is 1. The van der Waals surface area contributed by atoms with Gasteiger partial charge in [0.05, 0.1) is 6.33 Å².